The molecule has 0 bridgehead atoms. The number of benzene rings is 1. The molecule has 25 heavy (non-hydrogen) atoms. The highest BCUT2D eigenvalue weighted by atomic mass is 16.5. The second-order valence-electron chi connectivity index (χ2n) is 6.22. The number of ether oxygens (including phenoxy) is 2. The Morgan fingerprint density at radius 2 is 2.04 bits per heavy atom. The van der Waals surface area contributed by atoms with E-state index in [4.69, 9.17) is 9.47 Å². The van der Waals surface area contributed by atoms with Crippen LogP contribution in [0.25, 0.3) is 10.8 Å². The summed E-state index contributed by atoms with van der Waals surface area (Å²) in [6.07, 6.45) is 7.66. The Bertz CT molecular complexity index is 865. The molecule has 0 spiro atoms. The summed E-state index contributed by atoms with van der Waals surface area (Å²) in [6, 6.07) is 3.93. The van der Waals surface area contributed by atoms with Gasteiger partial charge in [0.15, 0.2) is 17.3 Å². The Balaban J connectivity index is 1.73. The lowest BCUT2D eigenvalue weighted by Gasteiger charge is -2.33. The number of H-pyrrole nitrogens is 1. The first-order valence-electron chi connectivity index (χ1n) is 8.41. The van der Waals surface area contributed by atoms with Gasteiger partial charge in [-0.2, -0.15) is 5.10 Å². The van der Waals surface area contributed by atoms with E-state index in [-0.39, 0.29) is 0 Å². The molecule has 1 aromatic carbocycles. The fourth-order valence-electron chi connectivity index (χ4n) is 3.52. The molecule has 4 rings (SSSR count). The monoisotopic (exact) mass is 339 g/mol. The van der Waals surface area contributed by atoms with Crippen LogP contribution in [0.4, 0.5) is 5.82 Å². The summed E-state index contributed by atoms with van der Waals surface area (Å²) in [5, 5.41) is 10.6. The molecule has 7 heteroatoms. The van der Waals surface area contributed by atoms with E-state index < -0.39 is 0 Å². The summed E-state index contributed by atoms with van der Waals surface area (Å²) in [4.78, 5) is 9.95. The Kier molecular flexibility index (Phi) is 4.13. The summed E-state index contributed by atoms with van der Waals surface area (Å²) in [5.74, 6) is 3.69. The molecule has 1 fully saturated rings. The number of piperidine rings is 1. The minimum absolute atomic E-state index is 0.376. The van der Waals surface area contributed by atoms with Crippen molar-refractivity contribution in [2.45, 2.75) is 18.8 Å². The second kappa shape index (κ2) is 6.58. The van der Waals surface area contributed by atoms with Crippen molar-refractivity contribution in [2.75, 3.05) is 32.2 Å². The summed E-state index contributed by atoms with van der Waals surface area (Å²) >= 11 is 0. The van der Waals surface area contributed by atoms with Crippen molar-refractivity contribution < 1.29 is 9.47 Å². The number of imidazole rings is 1. The van der Waals surface area contributed by atoms with Crippen molar-refractivity contribution in [2.24, 2.45) is 0 Å². The zero-order valence-electron chi connectivity index (χ0n) is 14.4. The number of hydrogen-bond donors (Lipinski definition) is 1. The summed E-state index contributed by atoms with van der Waals surface area (Å²) < 4.78 is 10.9. The van der Waals surface area contributed by atoms with Crippen molar-refractivity contribution in [1.29, 1.82) is 0 Å². The molecule has 130 valence electrons. The summed E-state index contributed by atoms with van der Waals surface area (Å²) in [5.41, 5.74) is 0. The highest BCUT2D eigenvalue weighted by Crippen LogP contribution is 2.36. The molecule has 1 N–H and O–H groups in total. The Morgan fingerprint density at radius 3 is 2.80 bits per heavy atom. The normalized spacial score (nSPS) is 17.7. The van der Waals surface area contributed by atoms with Gasteiger partial charge in [0.05, 0.1) is 20.4 Å². The Hall–Kier alpha value is -2.83. The van der Waals surface area contributed by atoms with E-state index in [9.17, 15) is 0 Å². The molecule has 2 aromatic heterocycles. The molecule has 0 aliphatic carbocycles. The minimum Gasteiger partial charge on any atom is -0.493 e. The van der Waals surface area contributed by atoms with Crippen LogP contribution < -0.4 is 14.4 Å². The van der Waals surface area contributed by atoms with Crippen LogP contribution in [0.1, 0.15) is 24.6 Å². The topological polar surface area (TPSA) is 76.2 Å². The highest BCUT2D eigenvalue weighted by Gasteiger charge is 2.25. The second-order valence-corrected chi connectivity index (χ2v) is 6.22. The van der Waals surface area contributed by atoms with Crippen molar-refractivity contribution in [3.8, 4) is 11.5 Å². The number of nitrogens with zero attached hydrogens (tertiary/aromatic N) is 4. The fraction of sp³-hybridized carbons (Fsp3) is 0.389. The van der Waals surface area contributed by atoms with Crippen LogP contribution >= 0.6 is 0 Å². The highest BCUT2D eigenvalue weighted by molar-refractivity contribution is 5.94. The quantitative estimate of drug-likeness (QED) is 0.788. The predicted molar refractivity (Wildman–Crippen MR) is 95.4 cm³/mol. The number of hydrogen-bond acceptors (Lipinski definition) is 6. The Labute approximate surface area is 146 Å². The molecule has 0 saturated carbocycles. The average Bonchev–Trinajstić information content (AvgIpc) is 3.21. The molecular weight excluding hydrogens is 318 g/mol. The third kappa shape index (κ3) is 2.86. The van der Waals surface area contributed by atoms with Crippen LogP contribution in [0.3, 0.4) is 0 Å². The van der Waals surface area contributed by atoms with E-state index in [0.29, 0.717) is 17.4 Å². The van der Waals surface area contributed by atoms with Gasteiger partial charge in [-0.15, -0.1) is 5.10 Å². The molecular formula is C18H21N5O2. The van der Waals surface area contributed by atoms with Gasteiger partial charge in [0.25, 0.3) is 0 Å². The smallest absolute Gasteiger partial charge is 0.161 e. The molecule has 3 heterocycles. The van der Waals surface area contributed by atoms with Gasteiger partial charge in [0, 0.05) is 42.2 Å². The van der Waals surface area contributed by atoms with Crippen molar-refractivity contribution in [3.05, 3.63) is 36.5 Å². The molecule has 1 atom stereocenters. The van der Waals surface area contributed by atoms with Gasteiger partial charge in [0.1, 0.15) is 5.82 Å². The molecule has 1 unspecified atom stereocenters. The number of nitrogens with one attached hydrogen (secondary N) is 1. The van der Waals surface area contributed by atoms with Crippen molar-refractivity contribution >= 4 is 16.6 Å². The number of rotatable bonds is 4. The largest absolute Gasteiger partial charge is 0.493 e. The first-order chi connectivity index (χ1) is 12.3. The third-order valence-corrected chi connectivity index (χ3v) is 4.77. The average molecular weight is 339 g/mol. The minimum atomic E-state index is 0.376. The maximum atomic E-state index is 5.46. The van der Waals surface area contributed by atoms with Crippen LogP contribution in [0.5, 0.6) is 11.5 Å². The maximum Gasteiger partial charge on any atom is 0.161 e. The van der Waals surface area contributed by atoms with Gasteiger partial charge in [-0.25, -0.2) is 4.98 Å². The van der Waals surface area contributed by atoms with Crippen molar-refractivity contribution in [1.82, 2.24) is 20.2 Å². The number of aromatic amines is 1. The molecule has 3 aromatic rings. The summed E-state index contributed by atoms with van der Waals surface area (Å²) in [7, 11) is 3.28. The molecule has 1 aliphatic heterocycles. The molecule has 0 amide bonds. The SMILES string of the molecule is COc1cc2cnnc(N3CCCC(c4ncc[nH]4)C3)c2cc1OC. The van der Waals surface area contributed by atoms with Crippen LogP contribution in [0, 0.1) is 0 Å². The van der Waals surface area contributed by atoms with Crippen molar-refractivity contribution in [3.63, 3.8) is 0 Å². The van der Waals surface area contributed by atoms with E-state index in [1.807, 2.05) is 24.5 Å². The lowest BCUT2D eigenvalue weighted by Crippen LogP contribution is -2.35. The molecule has 1 saturated heterocycles. The van der Waals surface area contributed by atoms with Crippen LogP contribution in [0.2, 0.25) is 0 Å². The van der Waals surface area contributed by atoms with E-state index >= 15 is 0 Å². The lowest BCUT2D eigenvalue weighted by atomic mass is 9.97. The molecule has 0 radical (unpaired) electrons. The number of methoxy groups -OCH3 is 2. The number of aromatic nitrogens is 4. The van der Waals surface area contributed by atoms with Gasteiger partial charge < -0.3 is 19.4 Å². The van der Waals surface area contributed by atoms with Crippen LogP contribution in [-0.4, -0.2) is 47.5 Å². The lowest BCUT2D eigenvalue weighted by molar-refractivity contribution is 0.356. The molecule has 7 nitrogen and oxygen atoms in total. The number of anilines is 1. The summed E-state index contributed by atoms with van der Waals surface area (Å²) in [6.45, 7) is 1.83. The van der Waals surface area contributed by atoms with Crippen LogP contribution in [0.15, 0.2) is 30.7 Å². The van der Waals surface area contributed by atoms with Gasteiger partial charge in [0.2, 0.25) is 0 Å². The third-order valence-electron chi connectivity index (χ3n) is 4.77. The first-order valence-corrected chi connectivity index (χ1v) is 8.41. The van der Waals surface area contributed by atoms with E-state index in [2.05, 4.69) is 25.1 Å². The maximum absolute atomic E-state index is 5.46. The van der Waals surface area contributed by atoms with Gasteiger partial charge in [-0.05, 0) is 25.0 Å². The zero-order chi connectivity index (χ0) is 17.2. The van der Waals surface area contributed by atoms with Crippen LogP contribution in [-0.2, 0) is 0 Å². The fourth-order valence-corrected chi connectivity index (χ4v) is 3.52. The van der Waals surface area contributed by atoms with Gasteiger partial charge in [-0.1, -0.05) is 0 Å². The zero-order valence-corrected chi connectivity index (χ0v) is 14.4. The number of fused-ring (bicyclic) bond motifs is 1. The van der Waals surface area contributed by atoms with E-state index in [1.54, 1.807) is 20.4 Å². The first kappa shape index (κ1) is 15.7. The van der Waals surface area contributed by atoms with Gasteiger partial charge in [-0.3, -0.25) is 0 Å². The molecule has 1 aliphatic rings. The standard InChI is InChI=1S/C18H21N5O2/c1-24-15-8-13-10-21-22-18(14(13)9-16(15)25-2)23-7-3-4-12(11-23)17-19-5-6-20-17/h5-6,8-10,12H,3-4,7,11H2,1-2H3,(H,19,20). The predicted octanol–water partition coefficient (Wildman–Crippen LogP) is 2.75. The van der Waals surface area contributed by atoms with Gasteiger partial charge >= 0.3 is 0 Å². The Morgan fingerprint density at radius 1 is 1.20 bits per heavy atom. The van der Waals surface area contributed by atoms with E-state index in [0.717, 1.165) is 48.3 Å². The van der Waals surface area contributed by atoms with E-state index in [1.165, 1.54) is 0 Å².